The van der Waals surface area contributed by atoms with Crippen LogP contribution in [0.5, 0.6) is 0 Å². The summed E-state index contributed by atoms with van der Waals surface area (Å²) < 4.78 is 13.0. The minimum Gasteiger partial charge on any atom is -0.478 e. The zero-order chi connectivity index (χ0) is 12.3. The van der Waals surface area contributed by atoms with Crippen molar-refractivity contribution in [3.8, 4) is 0 Å². The van der Waals surface area contributed by atoms with E-state index in [9.17, 15) is 14.0 Å². The second kappa shape index (κ2) is 4.94. The third-order valence-electron chi connectivity index (χ3n) is 1.89. The van der Waals surface area contributed by atoms with Crippen molar-refractivity contribution in [2.75, 3.05) is 5.32 Å². The highest BCUT2D eigenvalue weighted by Gasteiger charge is 2.15. The number of hydrogen-bond donors (Lipinski definition) is 2. The minimum absolute atomic E-state index is 0.00856. The van der Waals surface area contributed by atoms with Gasteiger partial charge in [-0.3, -0.25) is 4.79 Å². The standard InChI is InChI=1S/C10H9ClFNO3/c1-2-9(14)13-8-4-6(11)7(12)3-5(8)10(15)16/h3-4H,2H2,1H3,(H,13,14)(H,15,16). The van der Waals surface area contributed by atoms with Crippen LogP contribution in [-0.4, -0.2) is 17.0 Å². The first kappa shape index (κ1) is 12.4. The maximum absolute atomic E-state index is 13.0. The lowest BCUT2D eigenvalue weighted by atomic mass is 10.1. The largest absolute Gasteiger partial charge is 0.478 e. The molecule has 1 rings (SSSR count). The number of amides is 1. The molecule has 0 atom stereocenters. The Bertz CT molecular complexity index is 448. The molecular formula is C10H9ClFNO3. The van der Waals surface area contributed by atoms with E-state index in [1.807, 2.05) is 0 Å². The highest BCUT2D eigenvalue weighted by atomic mass is 35.5. The number of carbonyl (C=O) groups is 2. The van der Waals surface area contributed by atoms with Crippen LogP contribution in [0.2, 0.25) is 5.02 Å². The Morgan fingerprint density at radius 2 is 2.12 bits per heavy atom. The van der Waals surface area contributed by atoms with E-state index in [1.54, 1.807) is 6.92 Å². The molecule has 0 aliphatic carbocycles. The van der Waals surface area contributed by atoms with Gasteiger partial charge in [-0.2, -0.15) is 0 Å². The summed E-state index contributed by atoms with van der Waals surface area (Å²) in [6.07, 6.45) is 0.189. The van der Waals surface area contributed by atoms with Crippen molar-refractivity contribution in [1.29, 1.82) is 0 Å². The van der Waals surface area contributed by atoms with Crippen molar-refractivity contribution in [3.63, 3.8) is 0 Å². The molecule has 0 saturated carbocycles. The van der Waals surface area contributed by atoms with Gasteiger partial charge in [-0.15, -0.1) is 0 Å². The van der Waals surface area contributed by atoms with Gasteiger partial charge in [0.15, 0.2) is 0 Å². The number of anilines is 1. The molecule has 0 unspecified atom stereocenters. The lowest BCUT2D eigenvalue weighted by Gasteiger charge is -2.08. The van der Waals surface area contributed by atoms with Crippen molar-refractivity contribution in [1.82, 2.24) is 0 Å². The molecule has 1 amide bonds. The van der Waals surface area contributed by atoms with Gasteiger partial charge in [0.05, 0.1) is 16.3 Å². The zero-order valence-electron chi connectivity index (χ0n) is 8.38. The maximum Gasteiger partial charge on any atom is 0.337 e. The van der Waals surface area contributed by atoms with E-state index in [0.29, 0.717) is 0 Å². The maximum atomic E-state index is 13.0. The number of hydrogen-bond acceptors (Lipinski definition) is 2. The fraction of sp³-hybridized carbons (Fsp3) is 0.200. The zero-order valence-corrected chi connectivity index (χ0v) is 9.14. The van der Waals surface area contributed by atoms with Gasteiger partial charge in [0.25, 0.3) is 0 Å². The normalized spacial score (nSPS) is 9.94. The van der Waals surface area contributed by atoms with Crippen LogP contribution in [0.15, 0.2) is 12.1 Å². The second-order valence-electron chi connectivity index (χ2n) is 3.02. The number of halogens is 2. The summed E-state index contributed by atoms with van der Waals surface area (Å²) in [6.45, 7) is 1.61. The molecule has 0 heterocycles. The van der Waals surface area contributed by atoms with Gasteiger partial charge >= 0.3 is 5.97 Å². The van der Waals surface area contributed by atoms with Gasteiger partial charge in [0.1, 0.15) is 5.82 Å². The fourth-order valence-corrected chi connectivity index (χ4v) is 1.23. The van der Waals surface area contributed by atoms with Crippen LogP contribution < -0.4 is 5.32 Å². The second-order valence-corrected chi connectivity index (χ2v) is 3.43. The van der Waals surface area contributed by atoms with Crippen molar-refractivity contribution < 1.29 is 19.1 Å². The molecule has 0 fully saturated rings. The van der Waals surface area contributed by atoms with Gasteiger partial charge in [0, 0.05) is 6.42 Å². The van der Waals surface area contributed by atoms with Crippen molar-refractivity contribution in [2.24, 2.45) is 0 Å². The van der Waals surface area contributed by atoms with Crippen LogP contribution in [0.4, 0.5) is 10.1 Å². The summed E-state index contributed by atoms with van der Waals surface area (Å²) in [5.41, 5.74) is -0.338. The molecule has 0 saturated heterocycles. The predicted octanol–water partition coefficient (Wildman–Crippen LogP) is 2.53. The molecule has 0 aromatic heterocycles. The molecule has 1 aromatic rings. The van der Waals surface area contributed by atoms with Crippen LogP contribution in [0, 0.1) is 5.82 Å². The number of carbonyl (C=O) groups excluding carboxylic acids is 1. The van der Waals surface area contributed by atoms with E-state index in [2.05, 4.69) is 5.32 Å². The summed E-state index contributed by atoms with van der Waals surface area (Å²) >= 11 is 5.50. The molecule has 0 bridgehead atoms. The van der Waals surface area contributed by atoms with Crippen LogP contribution in [0.3, 0.4) is 0 Å². The van der Waals surface area contributed by atoms with E-state index in [1.165, 1.54) is 0 Å². The molecule has 0 aliphatic heterocycles. The van der Waals surface area contributed by atoms with Gasteiger partial charge in [-0.05, 0) is 12.1 Å². The summed E-state index contributed by atoms with van der Waals surface area (Å²) in [5.74, 6) is -2.54. The highest BCUT2D eigenvalue weighted by molar-refractivity contribution is 6.31. The summed E-state index contributed by atoms with van der Waals surface area (Å²) in [5, 5.41) is 10.9. The smallest absolute Gasteiger partial charge is 0.337 e. The quantitative estimate of drug-likeness (QED) is 0.860. The van der Waals surface area contributed by atoms with E-state index >= 15 is 0 Å². The first-order chi connectivity index (χ1) is 7.45. The van der Waals surface area contributed by atoms with E-state index < -0.39 is 11.8 Å². The molecule has 4 nitrogen and oxygen atoms in total. The molecule has 0 radical (unpaired) electrons. The topological polar surface area (TPSA) is 66.4 Å². The Balaban J connectivity index is 3.19. The Kier molecular flexibility index (Phi) is 3.84. The summed E-state index contributed by atoms with van der Waals surface area (Å²) in [6, 6.07) is 1.85. The number of carboxylic acid groups (broad SMARTS) is 1. The first-order valence-corrected chi connectivity index (χ1v) is 4.85. The van der Waals surface area contributed by atoms with Gasteiger partial charge in [0.2, 0.25) is 5.91 Å². The average molecular weight is 246 g/mol. The molecule has 2 N–H and O–H groups in total. The monoisotopic (exact) mass is 245 g/mol. The minimum atomic E-state index is -1.33. The predicted molar refractivity (Wildman–Crippen MR) is 57.3 cm³/mol. The Morgan fingerprint density at radius 3 is 2.62 bits per heavy atom. The third kappa shape index (κ3) is 2.70. The highest BCUT2D eigenvalue weighted by Crippen LogP contribution is 2.24. The Morgan fingerprint density at radius 1 is 1.50 bits per heavy atom. The number of carboxylic acids is 1. The van der Waals surface area contributed by atoms with Gasteiger partial charge < -0.3 is 10.4 Å². The van der Waals surface area contributed by atoms with E-state index in [4.69, 9.17) is 16.7 Å². The lowest BCUT2D eigenvalue weighted by molar-refractivity contribution is -0.115. The Labute approximate surface area is 96.0 Å². The van der Waals surface area contributed by atoms with Crippen LogP contribution in [0.25, 0.3) is 0 Å². The molecule has 1 aromatic carbocycles. The van der Waals surface area contributed by atoms with Crippen LogP contribution >= 0.6 is 11.6 Å². The molecule has 86 valence electrons. The van der Waals surface area contributed by atoms with Gasteiger partial charge in [-0.25, -0.2) is 9.18 Å². The first-order valence-electron chi connectivity index (χ1n) is 4.48. The van der Waals surface area contributed by atoms with Crippen LogP contribution in [-0.2, 0) is 4.79 Å². The average Bonchev–Trinajstić information content (AvgIpc) is 2.22. The van der Waals surface area contributed by atoms with Crippen LogP contribution in [0.1, 0.15) is 23.7 Å². The molecular weight excluding hydrogens is 237 g/mol. The third-order valence-corrected chi connectivity index (χ3v) is 2.18. The lowest BCUT2D eigenvalue weighted by Crippen LogP contribution is -2.13. The summed E-state index contributed by atoms with van der Waals surface area (Å²) in [4.78, 5) is 21.9. The number of aromatic carboxylic acids is 1. The van der Waals surface area contributed by atoms with Crippen molar-refractivity contribution >= 4 is 29.2 Å². The SMILES string of the molecule is CCC(=O)Nc1cc(Cl)c(F)cc1C(=O)O. The van der Waals surface area contributed by atoms with E-state index in [0.717, 1.165) is 12.1 Å². The molecule has 0 spiro atoms. The van der Waals surface area contributed by atoms with Gasteiger partial charge in [-0.1, -0.05) is 18.5 Å². The Hall–Kier alpha value is -1.62. The summed E-state index contributed by atoms with van der Waals surface area (Å²) in [7, 11) is 0. The number of rotatable bonds is 3. The van der Waals surface area contributed by atoms with Crippen molar-refractivity contribution in [2.45, 2.75) is 13.3 Å². The molecule has 16 heavy (non-hydrogen) atoms. The van der Waals surface area contributed by atoms with Crippen molar-refractivity contribution in [3.05, 3.63) is 28.5 Å². The fourth-order valence-electron chi connectivity index (χ4n) is 1.07. The molecule has 0 aliphatic rings. The number of benzene rings is 1. The number of nitrogens with one attached hydrogen (secondary N) is 1. The molecule has 6 heteroatoms. The van der Waals surface area contributed by atoms with E-state index in [-0.39, 0.29) is 28.6 Å².